The molecule has 0 N–H and O–H groups in total. The predicted octanol–water partition coefficient (Wildman–Crippen LogP) is 14.6. The van der Waals surface area contributed by atoms with Crippen LogP contribution in [0.4, 0.5) is 11.4 Å². The summed E-state index contributed by atoms with van der Waals surface area (Å²) < 4.78 is 6.74. The number of hydrogen-bond acceptors (Lipinski definition) is 2. The second-order valence-corrected chi connectivity index (χ2v) is 14.3. The van der Waals surface area contributed by atoms with Gasteiger partial charge in [0.2, 0.25) is 0 Å². The zero-order chi connectivity index (χ0) is 35.8. The fraction of sp³-hybridized carbons (Fsp3) is 0.0769. The van der Waals surface area contributed by atoms with E-state index in [-0.39, 0.29) is 0 Å². The van der Waals surface area contributed by atoms with Gasteiger partial charge < -0.3 is 9.32 Å². The van der Waals surface area contributed by atoms with Gasteiger partial charge in [-0.1, -0.05) is 140 Å². The lowest BCUT2D eigenvalue weighted by Crippen LogP contribution is -2.17. The lowest BCUT2D eigenvalue weighted by molar-refractivity contribution is 0.672. The molecule has 2 nitrogen and oxygen atoms in total. The third-order valence-electron chi connectivity index (χ3n) is 11.1. The van der Waals surface area contributed by atoms with Crippen molar-refractivity contribution >= 4 is 60.8 Å². The molecule has 7 aromatic carbocycles. The predicted molar refractivity (Wildman–Crippen MR) is 229 cm³/mol. The number of fused-ring (bicyclic) bond motifs is 5. The monoisotopic (exact) mass is 693 g/mol. The van der Waals surface area contributed by atoms with E-state index in [4.69, 9.17) is 4.42 Å². The molecule has 54 heavy (non-hydrogen) atoms. The molecule has 0 radical (unpaired) electrons. The first-order valence-electron chi connectivity index (χ1n) is 19.0. The molecule has 10 rings (SSSR count). The van der Waals surface area contributed by atoms with E-state index in [0.29, 0.717) is 0 Å². The summed E-state index contributed by atoms with van der Waals surface area (Å²) in [6, 6.07) is 59.0. The van der Waals surface area contributed by atoms with Crippen molar-refractivity contribution < 1.29 is 4.42 Å². The summed E-state index contributed by atoms with van der Waals surface area (Å²) in [5, 5.41) is 4.63. The van der Waals surface area contributed by atoms with E-state index in [1.807, 2.05) is 0 Å². The van der Waals surface area contributed by atoms with E-state index < -0.39 is 0 Å². The summed E-state index contributed by atoms with van der Waals surface area (Å²) in [6.45, 7) is 0. The third-order valence-corrected chi connectivity index (χ3v) is 11.1. The first-order valence-corrected chi connectivity index (χ1v) is 19.0. The first kappa shape index (κ1) is 32.0. The summed E-state index contributed by atoms with van der Waals surface area (Å²) in [5.74, 6) is 0. The average Bonchev–Trinajstić information content (AvgIpc) is 3.63. The van der Waals surface area contributed by atoms with Gasteiger partial charge >= 0.3 is 0 Å². The standard InChI is InChI=1S/C52H39NO/c1-4-13-36(14-5-1)38-23-28-44(29-24-38)53(43-19-8-3-9-20-43)45-30-25-39(26-31-45)49-35-50-47-32-27-42(34-51(47)54-52(50)48-22-11-10-21-46(48)49)41-18-12-17-40(33-41)37-15-6-2-7-16-37/h1-11,13-17,19-23,25-28,30-35H,12,18,24,29H2. The normalized spacial score (nSPS) is 14.4. The quantitative estimate of drug-likeness (QED) is 0.165. The van der Waals surface area contributed by atoms with Crippen molar-refractivity contribution in [1.82, 2.24) is 0 Å². The minimum Gasteiger partial charge on any atom is -0.455 e. The fourth-order valence-corrected chi connectivity index (χ4v) is 8.35. The topological polar surface area (TPSA) is 16.4 Å². The molecule has 8 aromatic rings. The fourth-order valence-electron chi connectivity index (χ4n) is 8.35. The van der Waals surface area contributed by atoms with Gasteiger partial charge in [0.1, 0.15) is 11.2 Å². The SMILES string of the molecule is C1=C(c2ccccc2)C=C(c2ccc3c(c2)oc2c4ccccc4c(-c4ccc(N(C5=CC=C(c6ccccc6)CC5)c5ccccc5)cc4)cc32)CC1. The van der Waals surface area contributed by atoms with E-state index in [2.05, 4.69) is 193 Å². The molecule has 0 saturated heterocycles. The molecule has 1 heterocycles. The average molecular weight is 694 g/mol. The van der Waals surface area contributed by atoms with Gasteiger partial charge in [0.25, 0.3) is 0 Å². The second-order valence-electron chi connectivity index (χ2n) is 14.3. The number of hydrogen-bond donors (Lipinski definition) is 0. The largest absolute Gasteiger partial charge is 0.455 e. The minimum atomic E-state index is 0.931. The minimum absolute atomic E-state index is 0.931. The van der Waals surface area contributed by atoms with Crippen molar-refractivity contribution in [3.05, 3.63) is 210 Å². The molecule has 0 unspecified atom stereocenters. The Kier molecular flexibility index (Phi) is 8.15. The van der Waals surface area contributed by atoms with Crippen LogP contribution in [-0.4, -0.2) is 0 Å². The van der Waals surface area contributed by atoms with Crippen molar-refractivity contribution in [2.45, 2.75) is 25.7 Å². The number of benzene rings is 7. The van der Waals surface area contributed by atoms with E-state index in [9.17, 15) is 0 Å². The van der Waals surface area contributed by atoms with Crippen molar-refractivity contribution in [3.8, 4) is 11.1 Å². The van der Waals surface area contributed by atoms with Gasteiger partial charge in [-0.3, -0.25) is 0 Å². The summed E-state index contributed by atoms with van der Waals surface area (Å²) >= 11 is 0. The van der Waals surface area contributed by atoms with E-state index >= 15 is 0 Å². The first-order chi connectivity index (χ1) is 26.8. The van der Waals surface area contributed by atoms with Crippen LogP contribution in [0.3, 0.4) is 0 Å². The highest BCUT2D eigenvalue weighted by molar-refractivity contribution is 6.19. The molecule has 2 aliphatic rings. The summed E-state index contributed by atoms with van der Waals surface area (Å²) in [5.41, 5.74) is 15.7. The van der Waals surface area contributed by atoms with Crippen LogP contribution in [0.25, 0.3) is 60.6 Å². The smallest absolute Gasteiger partial charge is 0.143 e. The van der Waals surface area contributed by atoms with Crippen LogP contribution >= 0.6 is 0 Å². The Morgan fingerprint density at radius 3 is 1.85 bits per heavy atom. The number of rotatable bonds is 7. The van der Waals surface area contributed by atoms with Gasteiger partial charge in [-0.05, 0) is 124 Å². The van der Waals surface area contributed by atoms with Gasteiger partial charge in [-0.2, -0.15) is 0 Å². The van der Waals surface area contributed by atoms with Gasteiger partial charge in [-0.15, -0.1) is 0 Å². The maximum atomic E-state index is 6.74. The molecule has 0 spiro atoms. The Bertz CT molecular complexity index is 2780. The number of anilines is 2. The van der Waals surface area contributed by atoms with Crippen LogP contribution in [0.1, 0.15) is 42.4 Å². The number of para-hydroxylation sites is 1. The highest BCUT2D eigenvalue weighted by Gasteiger charge is 2.20. The molecular formula is C52H39NO. The lowest BCUT2D eigenvalue weighted by atomic mass is 9.90. The van der Waals surface area contributed by atoms with E-state index in [1.165, 1.54) is 61.3 Å². The third kappa shape index (κ3) is 5.87. The Labute approximate surface area is 316 Å². The molecule has 0 saturated carbocycles. The number of furan rings is 1. The van der Waals surface area contributed by atoms with Gasteiger partial charge in [0.15, 0.2) is 0 Å². The molecule has 0 aliphatic heterocycles. The van der Waals surface area contributed by atoms with Crippen LogP contribution in [0.2, 0.25) is 0 Å². The maximum Gasteiger partial charge on any atom is 0.143 e. The summed E-state index contributed by atoms with van der Waals surface area (Å²) in [6.07, 6.45) is 13.3. The summed E-state index contributed by atoms with van der Waals surface area (Å²) in [7, 11) is 0. The molecule has 0 atom stereocenters. The summed E-state index contributed by atoms with van der Waals surface area (Å²) in [4.78, 5) is 2.41. The molecule has 2 heteroatoms. The molecule has 0 bridgehead atoms. The highest BCUT2D eigenvalue weighted by Crippen LogP contribution is 2.43. The molecule has 2 aliphatic carbocycles. The Morgan fingerprint density at radius 2 is 1.11 bits per heavy atom. The highest BCUT2D eigenvalue weighted by atomic mass is 16.3. The Hall–Kier alpha value is -6.64. The van der Waals surface area contributed by atoms with Crippen molar-refractivity contribution in [2.75, 3.05) is 4.90 Å². The van der Waals surface area contributed by atoms with Crippen molar-refractivity contribution in [1.29, 1.82) is 0 Å². The van der Waals surface area contributed by atoms with Crippen LogP contribution in [0.5, 0.6) is 0 Å². The van der Waals surface area contributed by atoms with Crippen LogP contribution in [-0.2, 0) is 0 Å². The zero-order valence-electron chi connectivity index (χ0n) is 30.1. The molecule has 0 amide bonds. The number of allylic oxidation sites excluding steroid dienone is 8. The van der Waals surface area contributed by atoms with Crippen LogP contribution in [0.15, 0.2) is 198 Å². The van der Waals surface area contributed by atoms with E-state index in [0.717, 1.165) is 58.7 Å². The van der Waals surface area contributed by atoms with Crippen molar-refractivity contribution in [2.24, 2.45) is 0 Å². The molecule has 258 valence electrons. The molecular weight excluding hydrogens is 655 g/mol. The van der Waals surface area contributed by atoms with E-state index in [1.54, 1.807) is 0 Å². The maximum absolute atomic E-state index is 6.74. The Balaban J connectivity index is 1.03. The molecule has 1 aromatic heterocycles. The number of nitrogens with zero attached hydrogens (tertiary/aromatic N) is 1. The molecule has 0 fully saturated rings. The second kappa shape index (κ2) is 13.7. The zero-order valence-corrected chi connectivity index (χ0v) is 30.1. The van der Waals surface area contributed by atoms with Gasteiger partial charge in [-0.25, -0.2) is 0 Å². The Morgan fingerprint density at radius 1 is 0.444 bits per heavy atom. The lowest BCUT2D eigenvalue weighted by Gasteiger charge is -2.30. The van der Waals surface area contributed by atoms with Gasteiger partial charge in [0.05, 0.1) is 0 Å². The van der Waals surface area contributed by atoms with Crippen LogP contribution < -0.4 is 4.90 Å². The van der Waals surface area contributed by atoms with Gasteiger partial charge in [0, 0.05) is 33.2 Å². The van der Waals surface area contributed by atoms with Crippen LogP contribution in [0, 0.1) is 0 Å². The van der Waals surface area contributed by atoms with Crippen molar-refractivity contribution in [3.63, 3.8) is 0 Å².